The molecule has 2 aromatic carbocycles. The lowest BCUT2D eigenvalue weighted by atomic mass is 9.98. The summed E-state index contributed by atoms with van der Waals surface area (Å²) in [6.07, 6.45) is 1.82. The van der Waals surface area contributed by atoms with E-state index in [2.05, 4.69) is 27.4 Å². The van der Waals surface area contributed by atoms with Crippen molar-refractivity contribution in [1.82, 2.24) is 15.3 Å². The minimum atomic E-state index is -1.05. The summed E-state index contributed by atoms with van der Waals surface area (Å²) in [6.45, 7) is 0.156. The molecular formula is C22H19N3O4. The van der Waals surface area contributed by atoms with Gasteiger partial charge in [0.25, 0.3) is 0 Å². The molecule has 1 heterocycles. The van der Waals surface area contributed by atoms with Crippen molar-refractivity contribution in [3.8, 4) is 11.1 Å². The van der Waals surface area contributed by atoms with Gasteiger partial charge in [0.15, 0.2) is 0 Å². The summed E-state index contributed by atoms with van der Waals surface area (Å²) in [5.41, 5.74) is 4.92. The predicted octanol–water partition coefficient (Wildman–Crippen LogP) is 3.53. The molecular weight excluding hydrogens is 370 g/mol. The zero-order valence-corrected chi connectivity index (χ0v) is 15.5. The Hall–Kier alpha value is -3.74. The third-order valence-corrected chi connectivity index (χ3v) is 4.98. The van der Waals surface area contributed by atoms with E-state index in [9.17, 15) is 9.59 Å². The van der Waals surface area contributed by atoms with Gasteiger partial charge in [0.1, 0.15) is 12.9 Å². The molecule has 146 valence electrons. The molecule has 1 unspecified atom stereocenters. The highest BCUT2D eigenvalue weighted by Crippen LogP contribution is 2.44. The summed E-state index contributed by atoms with van der Waals surface area (Å²) in [5, 5.41) is 11.7. The van der Waals surface area contributed by atoms with Crippen LogP contribution in [0.4, 0.5) is 4.79 Å². The topological polar surface area (TPSA) is 101 Å². The van der Waals surface area contributed by atoms with Crippen LogP contribution in [-0.2, 0) is 9.53 Å². The lowest BCUT2D eigenvalue weighted by Gasteiger charge is -2.18. The largest absolute Gasteiger partial charge is 0.481 e. The van der Waals surface area contributed by atoms with Crippen molar-refractivity contribution >= 4 is 12.1 Å². The Morgan fingerprint density at radius 3 is 2.28 bits per heavy atom. The molecule has 1 aliphatic rings. The molecule has 4 rings (SSSR count). The second kappa shape index (κ2) is 8.10. The van der Waals surface area contributed by atoms with Crippen LogP contribution in [0, 0.1) is 0 Å². The van der Waals surface area contributed by atoms with Crippen LogP contribution in [0.25, 0.3) is 11.1 Å². The van der Waals surface area contributed by atoms with E-state index in [0.29, 0.717) is 5.69 Å². The fraction of sp³-hybridized carbons (Fsp3) is 0.182. The number of ether oxygens (including phenoxy) is 1. The van der Waals surface area contributed by atoms with Crippen molar-refractivity contribution in [1.29, 1.82) is 0 Å². The number of hydrogen-bond acceptors (Lipinski definition) is 5. The first-order chi connectivity index (χ1) is 14.1. The van der Waals surface area contributed by atoms with Gasteiger partial charge in [-0.15, -0.1) is 0 Å². The van der Waals surface area contributed by atoms with Gasteiger partial charge < -0.3 is 15.2 Å². The van der Waals surface area contributed by atoms with Crippen molar-refractivity contribution in [2.75, 3.05) is 6.61 Å². The number of nitrogens with one attached hydrogen (secondary N) is 1. The minimum absolute atomic E-state index is 0.0647. The van der Waals surface area contributed by atoms with Gasteiger partial charge in [-0.1, -0.05) is 48.5 Å². The van der Waals surface area contributed by atoms with Crippen molar-refractivity contribution in [2.45, 2.75) is 18.4 Å². The lowest BCUT2D eigenvalue weighted by Crippen LogP contribution is -2.32. The van der Waals surface area contributed by atoms with E-state index in [4.69, 9.17) is 9.84 Å². The normalized spacial score (nSPS) is 13.2. The fourth-order valence-corrected chi connectivity index (χ4v) is 3.69. The van der Waals surface area contributed by atoms with Crippen LogP contribution in [0.15, 0.2) is 67.1 Å². The number of alkyl carbamates (subject to hydrolysis) is 1. The van der Waals surface area contributed by atoms with E-state index < -0.39 is 18.1 Å². The molecule has 3 aromatic rings. The third-order valence-electron chi connectivity index (χ3n) is 4.98. The van der Waals surface area contributed by atoms with E-state index in [1.54, 1.807) is 6.07 Å². The van der Waals surface area contributed by atoms with Gasteiger partial charge in [0, 0.05) is 12.1 Å². The first kappa shape index (κ1) is 18.6. The minimum Gasteiger partial charge on any atom is -0.481 e. The number of hydrogen-bond donors (Lipinski definition) is 2. The van der Waals surface area contributed by atoms with Crippen molar-refractivity contribution in [3.63, 3.8) is 0 Å². The third kappa shape index (κ3) is 3.94. The van der Waals surface area contributed by atoms with Gasteiger partial charge in [0.2, 0.25) is 0 Å². The van der Waals surface area contributed by atoms with Crippen molar-refractivity contribution < 1.29 is 19.4 Å². The maximum Gasteiger partial charge on any atom is 0.407 e. The second-order valence-corrected chi connectivity index (χ2v) is 6.75. The highest BCUT2D eigenvalue weighted by Gasteiger charge is 2.29. The molecule has 0 fully saturated rings. The van der Waals surface area contributed by atoms with Gasteiger partial charge in [-0.2, -0.15) is 0 Å². The van der Waals surface area contributed by atoms with Crippen LogP contribution in [0.3, 0.4) is 0 Å². The molecule has 0 saturated heterocycles. The van der Waals surface area contributed by atoms with Gasteiger partial charge in [0.05, 0.1) is 18.2 Å². The van der Waals surface area contributed by atoms with Crippen molar-refractivity contribution in [2.24, 2.45) is 0 Å². The Morgan fingerprint density at radius 2 is 1.69 bits per heavy atom. The first-order valence-corrected chi connectivity index (χ1v) is 9.22. The molecule has 0 saturated carbocycles. The Labute approximate surface area is 167 Å². The summed E-state index contributed by atoms with van der Waals surface area (Å²) >= 11 is 0. The molecule has 29 heavy (non-hydrogen) atoms. The zero-order chi connectivity index (χ0) is 20.2. The average molecular weight is 389 g/mol. The maximum atomic E-state index is 12.4. The van der Waals surface area contributed by atoms with Gasteiger partial charge in [-0.25, -0.2) is 14.8 Å². The molecule has 0 aliphatic heterocycles. The Balaban J connectivity index is 1.47. The molecule has 1 aliphatic carbocycles. The molecule has 1 aromatic heterocycles. The smallest absolute Gasteiger partial charge is 0.407 e. The number of aromatic nitrogens is 2. The molecule has 7 nitrogen and oxygen atoms in total. The number of fused-ring (bicyclic) bond motifs is 3. The number of carboxylic acids is 1. The highest BCUT2D eigenvalue weighted by atomic mass is 16.5. The Bertz CT molecular complexity index is 993. The SMILES string of the molecule is O=C(O)CC(NC(=O)OCC1c2ccccc2-c2ccccc21)c1ccncn1. The van der Waals surface area contributed by atoms with E-state index in [1.807, 2.05) is 36.4 Å². The number of benzene rings is 2. The number of rotatable bonds is 6. The number of aliphatic carboxylic acids is 1. The quantitative estimate of drug-likeness (QED) is 0.669. The average Bonchev–Trinajstić information content (AvgIpc) is 3.06. The standard InChI is InChI=1S/C22H19N3O4/c26-21(27)11-20(19-9-10-23-13-24-19)25-22(28)29-12-18-16-7-3-1-5-14(16)15-6-2-4-8-17(15)18/h1-10,13,18,20H,11-12H2,(H,25,28)(H,26,27). The summed E-state index contributed by atoms with van der Waals surface area (Å²) in [5.74, 6) is -1.11. The maximum absolute atomic E-state index is 12.4. The van der Waals surface area contributed by atoms with Crippen LogP contribution in [0.5, 0.6) is 0 Å². The number of nitrogens with zero attached hydrogens (tertiary/aromatic N) is 2. The van der Waals surface area contributed by atoms with Crippen molar-refractivity contribution in [3.05, 3.63) is 83.9 Å². The Morgan fingerprint density at radius 1 is 1.03 bits per heavy atom. The van der Waals surface area contributed by atoms with Crippen LogP contribution in [0.1, 0.15) is 35.2 Å². The number of carbonyl (C=O) groups is 2. The number of carbonyl (C=O) groups excluding carboxylic acids is 1. The van der Waals surface area contributed by atoms with Gasteiger partial charge >= 0.3 is 12.1 Å². The van der Waals surface area contributed by atoms with E-state index in [-0.39, 0.29) is 18.9 Å². The summed E-state index contributed by atoms with van der Waals surface area (Å²) < 4.78 is 5.49. The highest BCUT2D eigenvalue weighted by molar-refractivity contribution is 5.79. The fourth-order valence-electron chi connectivity index (χ4n) is 3.69. The van der Waals surface area contributed by atoms with Gasteiger partial charge in [-0.3, -0.25) is 4.79 Å². The molecule has 1 atom stereocenters. The molecule has 0 spiro atoms. The van der Waals surface area contributed by atoms with E-state index >= 15 is 0 Å². The summed E-state index contributed by atoms with van der Waals surface area (Å²) in [7, 11) is 0. The summed E-state index contributed by atoms with van der Waals surface area (Å²) in [4.78, 5) is 31.4. The predicted molar refractivity (Wildman–Crippen MR) is 105 cm³/mol. The van der Waals surface area contributed by atoms with Crippen LogP contribution in [0.2, 0.25) is 0 Å². The second-order valence-electron chi connectivity index (χ2n) is 6.75. The van der Waals surface area contributed by atoms with Gasteiger partial charge in [-0.05, 0) is 28.3 Å². The molecule has 2 N–H and O–H groups in total. The van der Waals surface area contributed by atoms with Crippen LogP contribution in [-0.4, -0.2) is 33.7 Å². The zero-order valence-electron chi connectivity index (χ0n) is 15.5. The van der Waals surface area contributed by atoms with Crippen LogP contribution >= 0.6 is 0 Å². The molecule has 7 heteroatoms. The summed E-state index contributed by atoms with van der Waals surface area (Å²) in [6, 6.07) is 16.9. The molecule has 1 amide bonds. The number of carboxylic acid groups (broad SMARTS) is 1. The monoisotopic (exact) mass is 389 g/mol. The molecule has 0 radical (unpaired) electrons. The molecule has 0 bridgehead atoms. The Kier molecular flexibility index (Phi) is 5.20. The van der Waals surface area contributed by atoms with E-state index in [1.165, 1.54) is 12.5 Å². The lowest BCUT2D eigenvalue weighted by molar-refractivity contribution is -0.137. The van der Waals surface area contributed by atoms with Crippen LogP contribution < -0.4 is 5.32 Å². The first-order valence-electron chi connectivity index (χ1n) is 9.22. The number of amides is 1. The van der Waals surface area contributed by atoms with E-state index in [0.717, 1.165) is 22.3 Å².